The zero-order valence-electron chi connectivity index (χ0n) is 13.6. The van der Waals surface area contributed by atoms with Crippen LogP contribution in [0, 0.1) is 5.82 Å². The molecule has 1 aromatic carbocycles. The molecule has 0 spiro atoms. The van der Waals surface area contributed by atoms with Gasteiger partial charge in [-0.05, 0) is 40.0 Å². The molecule has 25 heavy (non-hydrogen) atoms. The summed E-state index contributed by atoms with van der Waals surface area (Å²) in [5.41, 5.74) is 3.83. The maximum Gasteiger partial charge on any atom is 0.139 e. The van der Waals surface area contributed by atoms with E-state index in [-0.39, 0.29) is 5.82 Å². The number of aromatic nitrogens is 2. The molecule has 0 unspecified atom stereocenters. The fraction of sp³-hybridized carbons (Fsp3) is 0.222. The number of nitrogens with zero attached hydrogens (tertiary/aromatic N) is 4. The summed E-state index contributed by atoms with van der Waals surface area (Å²) in [7, 11) is 1.64. The molecule has 0 radical (unpaired) electrons. The highest BCUT2D eigenvalue weighted by molar-refractivity contribution is 9.10. The highest BCUT2D eigenvalue weighted by Gasteiger charge is 2.24. The molecule has 2 aliphatic heterocycles. The fourth-order valence-corrected chi connectivity index (χ4v) is 3.65. The largest absolute Gasteiger partial charge is 0.378 e. The van der Waals surface area contributed by atoms with Crippen molar-refractivity contribution in [2.45, 2.75) is 13.0 Å². The summed E-state index contributed by atoms with van der Waals surface area (Å²) in [6.45, 7) is 1.23. The third kappa shape index (κ3) is 2.94. The SMILES string of the molecule is COCc1cn(C2=NC=CN3CCc4c(ccc(F)c4Br)C3=C2)cn1. The Kier molecular flexibility index (Phi) is 4.27. The summed E-state index contributed by atoms with van der Waals surface area (Å²) in [6.07, 6.45) is 10.1. The fourth-order valence-electron chi connectivity index (χ4n) is 3.10. The number of hydrogen-bond acceptors (Lipinski definition) is 4. The van der Waals surface area contributed by atoms with Gasteiger partial charge in [0.2, 0.25) is 0 Å². The van der Waals surface area contributed by atoms with Crippen LogP contribution >= 0.6 is 15.9 Å². The average Bonchev–Trinajstić information content (AvgIpc) is 2.96. The number of hydrogen-bond donors (Lipinski definition) is 0. The van der Waals surface area contributed by atoms with E-state index in [1.807, 2.05) is 29.1 Å². The minimum Gasteiger partial charge on any atom is -0.378 e. The average molecular weight is 403 g/mol. The van der Waals surface area contributed by atoms with Gasteiger partial charge in [0.05, 0.1) is 22.5 Å². The summed E-state index contributed by atoms with van der Waals surface area (Å²) < 4.78 is 21.4. The van der Waals surface area contributed by atoms with Crippen molar-refractivity contribution in [3.63, 3.8) is 0 Å². The van der Waals surface area contributed by atoms with Crippen LogP contribution in [0.3, 0.4) is 0 Å². The number of allylic oxidation sites excluding steroid dienone is 1. The van der Waals surface area contributed by atoms with Gasteiger partial charge in [0.1, 0.15) is 18.0 Å². The molecule has 0 amide bonds. The van der Waals surface area contributed by atoms with Crippen LogP contribution < -0.4 is 0 Å². The predicted octanol–water partition coefficient (Wildman–Crippen LogP) is 3.56. The van der Waals surface area contributed by atoms with E-state index in [1.54, 1.807) is 19.6 Å². The lowest BCUT2D eigenvalue weighted by atomic mass is 9.96. The van der Waals surface area contributed by atoms with Crippen LogP contribution in [0.1, 0.15) is 16.8 Å². The van der Waals surface area contributed by atoms with Crippen molar-refractivity contribution in [3.05, 3.63) is 70.2 Å². The summed E-state index contributed by atoms with van der Waals surface area (Å²) in [4.78, 5) is 11.0. The first-order chi connectivity index (χ1) is 12.2. The first-order valence-corrected chi connectivity index (χ1v) is 8.69. The normalized spacial score (nSPS) is 16.0. The lowest BCUT2D eigenvalue weighted by molar-refractivity contribution is 0.182. The molecule has 2 aromatic rings. The van der Waals surface area contributed by atoms with Crippen LogP contribution in [0.15, 0.2) is 52.6 Å². The molecule has 0 bridgehead atoms. The number of rotatable bonds is 2. The number of imidazole rings is 1. The number of ether oxygens (including phenoxy) is 1. The summed E-state index contributed by atoms with van der Waals surface area (Å²) in [6, 6.07) is 3.32. The topological polar surface area (TPSA) is 42.6 Å². The Bertz CT molecular complexity index is 916. The van der Waals surface area contributed by atoms with Crippen molar-refractivity contribution in [1.29, 1.82) is 0 Å². The molecule has 1 aromatic heterocycles. The lowest BCUT2D eigenvalue weighted by Crippen LogP contribution is -2.25. The Balaban J connectivity index is 1.78. The van der Waals surface area contributed by atoms with Gasteiger partial charge in [0, 0.05) is 43.9 Å². The van der Waals surface area contributed by atoms with Gasteiger partial charge in [0.25, 0.3) is 0 Å². The quantitative estimate of drug-likeness (QED) is 0.770. The third-order valence-corrected chi connectivity index (χ3v) is 5.15. The molecule has 0 saturated heterocycles. The number of halogens is 2. The van der Waals surface area contributed by atoms with Gasteiger partial charge < -0.3 is 9.64 Å². The molecule has 128 valence electrons. The maximum absolute atomic E-state index is 13.9. The molecule has 4 rings (SSSR count). The van der Waals surface area contributed by atoms with Gasteiger partial charge in [-0.3, -0.25) is 4.57 Å². The van der Waals surface area contributed by atoms with Crippen molar-refractivity contribution in [2.24, 2.45) is 4.99 Å². The molecule has 0 atom stereocenters. The smallest absolute Gasteiger partial charge is 0.139 e. The zero-order valence-corrected chi connectivity index (χ0v) is 15.2. The van der Waals surface area contributed by atoms with E-state index >= 15 is 0 Å². The Labute approximate surface area is 153 Å². The molecular formula is C18H16BrFN4O. The second-order valence-electron chi connectivity index (χ2n) is 5.85. The van der Waals surface area contributed by atoms with E-state index in [4.69, 9.17) is 4.74 Å². The monoisotopic (exact) mass is 402 g/mol. The van der Waals surface area contributed by atoms with Crippen molar-refractivity contribution < 1.29 is 9.13 Å². The van der Waals surface area contributed by atoms with Gasteiger partial charge >= 0.3 is 0 Å². The van der Waals surface area contributed by atoms with Gasteiger partial charge in [-0.25, -0.2) is 14.4 Å². The molecule has 3 heterocycles. The first-order valence-electron chi connectivity index (χ1n) is 7.89. The number of methoxy groups -OCH3 is 1. The van der Waals surface area contributed by atoms with Gasteiger partial charge in [-0.2, -0.15) is 0 Å². The van der Waals surface area contributed by atoms with Crippen LogP contribution in [-0.4, -0.2) is 33.9 Å². The Morgan fingerprint density at radius 1 is 1.36 bits per heavy atom. The van der Waals surface area contributed by atoms with Crippen LogP contribution in [-0.2, 0) is 17.8 Å². The van der Waals surface area contributed by atoms with E-state index in [0.717, 1.165) is 41.3 Å². The molecule has 0 aliphatic carbocycles. The standard InChI is InChI=1S/C18H16BrFN4O/c1-25-10-12-9-24(11-22-12)17-8-16-13-2-3-15(20)18(19)14(13)4-6-23(16)7-5-21-17/h2-3,5,7-9,11H,4,6,10H2,1H3. The van der Waals surface area contributed by atoms with E-state index in [0.29, 0.717) is 11.1 Å². The molecule has 0 N–H and O–H groups in total. The number of fused-ring (bicyclic) bond motifs is 3. The number of benzene rings is 1. The van der Waals surface area contributed by atoms with Crippen LogP contribution in [0.25, 0.3) is 5.70 Å². The highest BCUT2D eigenvalue weighted by atomic mass is 79.9. The Morgan fingerprint density at radius 2 is 2.24 bits per heavy atom. The summed E-state index contributed by atoms with van der Waals surface area (Å²) >= 11 is 3.38. The summed E-state index contributed by atoms with van der Waals surface area (Å²) in [5, 5.41) is 0. The lowest BCUT2D eigenvalue weighted by Gasteiger charge is -2.30. The minimum absolute atomic E-state index is 0.232. The molecule has 2 aliphatic rings. The minimum atomic E-state index is -0.232. The van der Waals surface area contributed by atoms with Crippen LogP contribution in [0.4, 0.5) is 4.39 Å². The van der Waals surface area contributed by atoms with Gasteiger partial charge in [-0.15, -0.1) is 0 Å². The highest BCUT2D eigenvalue weighted by Crippen LogP contribution is 2.35. The van der Waals surface area contributed by atoms with Crippen molar-refractivity contribution in [1.82, 2.24) is 14.5 Å². The molecule has 7 heteroatoms. The molecule has 0 fully saturated rings. The molecular weight excluding hydrogens is 387 g/mol. The maximum atomic E-state index is 13.9. The van der Waals surface area contributed by atoms with E-state index in [1.165, 1.54) is 6.07 Å². The third-order valence-electron chi connectivity index (χ3n) is 4.30. The van der Waals surface area contributed by atoms with Crippen LogP contribution in [0.5, 0.6) is 0 Å². The number of aliphatic imine (C=N–C) groups is 1. The Hall–Kier alpha value is -2.25. The predicted molar refractivity (Wildman–Crippen MR) is 97.4 cm³/mol. The Morgan fingerprint density at radius 3 is 3.08 bits per heavy atom. The van der Waals surface area contributed by atoms with E-state index in [9.17, 15) is 4.39 Å². The van der Waals surface area contributed by atoms with Crippen molar-refractivity contribution in [3.8, 4) is 0 Å². The second-order valence-corrected chi connectivity index (χ2v) is 6.64. The first kappa shape index (κ1) is 16.2. The van der Waals surface area contributed by atoms with E-state index in [2.05, 4.69) is 30.8 Å². The second kappa shape index (κ2) is 6.57. The zero-order chi connectivity index (χ0) is 17.4. The summed E-state index contributed by atoms with van der Waals surface area (Å²) in [5.74, 6) is 0.515. The van der Waals surface area contributed by atoms with Crippen molar-refractivity contribution in [2.75, 3.05) is 13.7 Å². The van der Waals surface area contributed by atoms with Crippen molar-refractivity contribution >= 4 is 27.5 Å². The van der Waals surface area contributed by atoms with Gasteiger partial charge in [-0.1, -0.05) is 0 Å². The van der Waals surface area contributed by atoms with Gasteiger partial charge in [0.15, 0.2) is 0 Å². The molecule has 0 saturated carbocycles. The van der Waals surface area contributed by atoms with E-state index < -0.39 is 0 Å². The molecule has 5 nitrogen and oxygen atoms in total. The van der Waals surface area contributed by atoms with Crippen LogP contribution in [0.2, 0.25) is 0 Å².